The van der Waals surface area contributed by atoms with Gasteiger partial charge in [-0.15, -0.1) is 0 Å². The predicted molar refractivity (Wildman–Crippen MR) is 76.8 cm³/mol. The van der Waals surface area contributed by atoms with Gasteiger partial charge in [0.2, 0.25) is 5.89 Å². The van der Waals surface area contributed by atoms with Crippen LogP contribution < -0.4 is 5.32 Å². The van der Waals surface area contributed by atoms with Crippen LogP contribution in [0.3, 0.4) is 0 Å². The van der Waals surface area contributed by atoms with Crippen LogP contribution >= 0.6 is 0 Å². The van der Waals surface area contributed by atoms with E-state index in [0.717, 1.165) is 18.1 Å². The van der Waals surface area contributed by atoms with Crippen LogP contribution in [0.25, 0.3) is 0 Å². The maximum Gasteiger partial charge on any atom is 0.208 e. The van der Waals surface area contributed by atoms with E-state index in [0.29, 0.717) is 12.6 Å². The van der Waals surface area contributed by atoms with Crippen LogP contribution in [0.5, 0.6) is 0 Å². The Bertz CT molecular complexity index is 479. The lowest BCUT2D eigenvalue weighted by molar-refractivity contribution is 0.409. The summed E-state index contributed by atoms with van der Waals surface area (Å²) in [5.74, 6) is 1.62. The molecule has 0 saturated heterocycles. The van der Waals surface area contributed by atoms with Gasteiger partial charge < -0.3 is 9.73 Å². The summed E-state index contributed by atoms with van der Waals surface area (Å²) in [5, 5.41) is 3.54. The van der Waals surface area contributed by atoms with Crippen molar-refractivity contribution in [1.82, 2.24) is 10.3 Å². The van der Waals surface area contributed by atoms with Gasteiger partial charge in [0.25, 0.3) is 0 Å². The second-order valence-electron chi connectivity index (χ2n) is 4.85. The molecule has 0 spiro atoms. The van der Waals surface area contributed by atoms with Crippen molar-refractivity contribution in [2.45, 2.75) is 45.7 Å². The molecule has 0 fully saturated rings. The molecule has 102 valence electrons. The highest BCUT2D eigenvalue weighted by molar-refractivity contribution is 5.18. The summed E-state index contributed by atoms with van der Waals surface area (Å²) >= 11 is 0. The van der Waals surface area contributed by atoms with Gasteiger partial charge in [-0.05, 0) is 18.9 Å². The smallest absolute Gasteiger partial charge is 0.208 e. The minimum absolute atomic E-state index is 0.369. The topological polar surface area (TPSA) is 38.1 Å². The molecule has 1 aromatic heterocycles. The number of nitrogens with one attached hydrogen (secondary N) is 1. The maximum atomic E-state index is 5.50. The normalized spacial score (nSPS) is 12.5. The van der Waals surface area contributed by atoms with Crippen LogP contribution in [0.15, 0.2) is 40.9 Å². The molecule has 1 atom stereocenters. The Balaban J connectivity index is 1.97. The maximum absolute atomic E-state index is 5.50. The van der Waals surface area contributed by atoms with Gasteiger partial charge in [-0.1, -0.05) is 50.1 Å². The molecule has 1 unspecified atom stereocenters. The molecule has 0 bridgehead atoms. The fourth-order valence-electron chi connectivity index (χ4n) is 2.17. The third-order valence-electron chi connectivity index (χ3n) is 3.22. The Morgan fingerprint density at radius 1 is 1.26 bits per heavy atom. The van der Waals surface area contributed by atoms with E-state index in [-0.39, 0.29) is 0 Å². The molecule has 0 radical (unpaired) electrons. The molecule has 19 heavy (non-hydrogen) atoms. The fourth-order valence-corrected chi connectivity index (χ4v) is 2.17. The van der Waals surface area contributed by atoms with Gasteiger partial charge in [-0.25, -0.2) is 4.98 Å². The van der Waals surface area contributed by atoms with E-state index in [1.54, 1.807) is 6.20 Å². The van der Waals surface area contributed by atoms with E-state index in [9.17, 15) is 0 Å². The van der Waals surface area contributed by atoms with Crippen molar-refractivity contribution in [2.24, 2.45) is 0 Å². The summed E-state index contributed by atoms with van der Waals surface area (Å²) in [6, 6.07) is 10.9. The molecular formula is C16H22N2O. The van der Waals surface area contributed by atoms with Gasteiger partial charge in [-0.2, -0.15) is 0 Å². The molecule has 0 saturated carbocycles. The molecule has 0 aliphatic rings. The first kappa shape index (κ1) is 13.8. The van der Waals surface area contributed by atoms with Crippen LogP contribution in [0, 0.1) is 6.92 Å². The predicted octanol–water partition coefficient (Wildman–Crippen LogP) is 4.00. The molecule has 0 amide bonds. The van der Waals surface area contributed by atoms with E-state index in [4.69, 9.17) is 4.42 Å². The number of rotatable bonds is 7. The molecule has 1 aromatic carbocycles. The number of aryl methyl sites for hydroxylation is 1. The Kier molecular flexibility index (Phi) is 5.16. The van der Waals surface area contributed by atoms with Gasteiger partial charge in [0, 0.05) is 6.04 Å². The zero-order valence-corrected chi connectivity index (χ0v) is 11.7. The summed E-state index contributed by atoms with van der Waals surface area (Å²) in [7, 11) is 0. The molecule has 3 nitrogen and oxygen atoms in total. The lowest BCUT2D eigenvalue weighted by Gasteiger charge is -2.18. The quantitative estimate of drug-likeness (QED) is 0.815. The number of unbranched alkanes of at least 4 members (excludes halogenated alkanes) is 1. The van der Waals surface area contributed by atoms with Gasteiger partial charge in [0.1, 0.15) is 5.76 Å². The summed E-state index contributed by atoms with van der Waals surface area (Å²) in [6.45, 7) is 4.82. The Hall–Kier alpha value is -1.61. The van der Waals surface area contributed by atoms with E-state index in [2.05, 4.69) is 47.6 Å². The minimum Gasteiger partial charge on any atom is -0.445 e. The highest BCUT2D eigenvalue weighted by Gasteiger charge is 2.11. The van der Waals surface area contributed by atoms with Gasteiger partial charge in [0.05, 0.1) is 12.7 Å². The number of nitrogens with zero attached hydrogens (tertiary/aromatic N) is 1. The van der Waals surface area contributed by atoms with E-state index in [1.807, 2.05) is 6.92 Å². The number of aromatic nitrogens is 1. The molecule has 0 aliphatic heterocycles. The second kappa shape index (κ2) is 7.10. The Morgan fingerprint density at radius 3 is 2.68 bits per heavy atom. The van der Waals surface area contributed by atoms with E-state index in [1.165, 1.54) is 18.4 Å². The summed E-state index contributed by atoms with van der Waals surface area (Å²) < 4.78 is 5.50. The first-order valence-corrected chi connectivity index (χ1v) is 6.99. The molecule has 2 rings (SSSR count). The monoisotopic (exact) mass is 258 g/mol. The number of hydrogen-bond acceptors (Lipinski definition) is 3. The van der Waals surface area contributed by atoms with Crippen molar-refractivity contribution in [2.75, 3.05) is 0 Å². The van der Waals surface area contributed by atoms with Crippen LogP contribution in [-0.2, 0) is 6.54 Å². The third-order valence-corrected chi connectivity index (χ3v) is 3.22. The van der Waals surface area contributed by atoms with Crippen molar-refractivity contribution < 1.29 is 4.42 Å². The van der Waals surface area contributed by atoms with Crippen molar-refractivity contribution >= 4 is 0 Å². The molecule has 1 heterocycles. The molecule has 0 aliphatic carbocycles. The minimum atomic E-state index is 0.369. The first-order chi connectivity index (χ1) is 9.29. The van der Waals surface area contributed by atoms with Crippen LogP contribution in [0.4, 0.5) is 0 Å². The highest BCUT2D eigenvalue weighted by atomic mass is 16.4. The fraction of sp³-hybridized carbons (Fsp3) is 0.438. The average Bonchev–Trinajstić information content (AvgIpc) is 2.86. The van der Waals surface area contributed by atoms with Crippen molar-refractivity contribution in [3.05, 3.63) is 53.7 Å². The highest BCUT2D eigenvalue weighted by Crippen LogP contribution is 2.19. The zero-order chi connectivity index (χ0) is 13.5. The van der Waals surface area contributed by atoms with Gasteiger partial charge >= 0.3 is 0 Å². The van der Waals surface area contributed by atoms with E-state index < -0.39 is 0 Å². The Labute approximate surface area is 115 Å². The molecule has 3 heteroatoms. The summed E-state index contributed by atoms with van der Waals surface area (Å²) in [5.41, 5.74) is 1.33. The van der Waals surface area contributed by atoms with Crippen LogP contribution in [-0.4, -0.2) is 4.98 Å². The van der Waals surface area contributed by atoms with Crippen molar-refractivity contribution in [1.29, 1.82) is 0 Å². The summed E-state index contributed by atoms with van der Waals surface area (Å²) in [6.07, 6.45) is 5.33. The first-order valence-electron chi connectivity index (χ1n) is 6.99. The molecular weight excluding hydrogens is 236 g/mol. The number of hydrogen-bond donors (Lipinski definition) is 1. The van der Waals surface area contributed by atoms with Crippen LogP contribution in [0.2, 0.25) is 0 Å². The van der Waals surface area contributed by atoms with Gasteiger partial charge in [0.15, 0.2) is 0 Å². The lowest BCUT2D eigenvalue weighted by Crippen LogP contribution is -2.21. The largest absolute Gasteiger partial charge is 0.445 e. The van der Waals surface area contributed by atoms with Crippen molar-refractivity contribution in [3.63, 3.8) is 0 Å². The second-order valence-corrected chi connectivity index (χ2v) is 4.85. The van der Waals surface area contributed by atoms with Gasteiger partial charge in [-0.3, -0.25) is 0 Å². The summed E-state index contributed by atoms with van der Waals surface area (Å²) in [4.78, 5) is 4.23. The zero-order valence-electron chi connectivity index (χ0n) is 11.7. The Morgan fingerprint density at radius 2 is 2.05 bits per heavy atom. The SMILES string of the molecule is CCCCC(NCc1ncc(C)o1)c1ccccc1. The average molecular weight is 258 g/mol. The molecule has 1 N–H and O–H groups in total. The number of oxazole rings is 1. The third kappa shape index (κ3) is 4.21. The number of benzene rings is 1. The van der Waals surface area contributed by atoms with E-state index >= 15 is 0 Å². The van der Waals surface area contributed by atoms with Crippen molar-refractivity contribution in [3.8, 4) is 0 Å². The lowest BCUT2D eigenvalue weighted by atomic mass is 10.0. The van der Waals surface area contributed by atoms with Crippen LogP contribution in [0.1, 0.15) is 49.4 Å². The molecule has 2 aromatic rings. The standard InChI is InChI=1S/C16H22N2O/c1-3-4-10-15(14-8-6-5-7-9-14)17-12-16-18-11-13(2)19-16/h5-9,11,15,17H,3-4,10,12H2,1-2H3.